The molecule has 0 radical (unpaired) electrons. The maximum atomic E-state index is 13.7. The Labute approximate surface area is 111 Å². The highest BCUT2D eigenvalue weighted by atomic mass is 19.1. The summed E-state index contributed by atoms with van der Waals surface area (Å²) in [6, 6.07) is 3.98. The Hall–Kier alpha value is -1.62. The van der Waals surface area contributed by atoms with Crippen LogP contribution < -0.4 is 10.5 Å². The summed E-state index contributed by atoms with van der Waals surface area (Å²) >= 11 is 0. The first-order valence-electron chi connectivity index (χ1n) is 6.22. The lowest BCUT2D eigenvalue weighted by atomic mass is 9.62. The molecule has 1 fully saturated rings. The standard InChI is InChI=1S/C14H18FNO3/c1-18-11-5-4-9(8-10(11)15)12(16)14(6-3-7-14)13(17)19-2/h4-5,8,12H,3,6-7,16H2,1-2H3. The molecule has 1 aromatic rings. The van der Waals surface area contributed by atoms with Crippen LogP contribution >= 0.6 is 0 Å². The number of halogens is 1. The average Bonchev–Trinajstić information content (AvgIpc) is 2.36. The molecule has 0 saturated heterocycles. The summed E-state index contributed by atoms with van der Waals surface area (Å²) < 4.78 is 23.4. The lowest BCUT2D eigenvalue weighted by molar-refractivity contribution is -0.160. The van der Waals surface area contributed by atoms with Crippen LogP contribution in [0.2, 0.25) is 0 Å². The van der Waals surface area contributed by atoms with E-state index in [4.69, 9.17) is 15.2 Å². The largest absolute Gasteiger partial charge is 0.494 e. The van der Waals surface area contributed by atoms with Crippen molar-refractivity contribution in [1.82, 2.24) is 0 Å². The number of rotatable bonds is 4. The number of carbonyl (C=O) groups excluding carboxylic acids is 1. The van der Waals surface area contributed by atoms with E-state index in [0.717, 1.165) is 6.42 Å². The first-order chi connectivity index (χ1) is 9.05. The van der Waals surface area contributed by atoms with Crippen molar-refractivity contribution >= 4 is 5.97 Å². The van der Waals surface area contributed by atoms with Gasteiger partial charge in [0.05, 0.1) is 19.6 Å². The summed E-state index contributed by atoms with van der Waals surface area (Å²) in [6.07, 6.45) is 2.28. The molecule has 1 aliphatic carbocycles. The SMILES string of the molecule is COC(=O)C1(C(N)c2ccc(OC)c(F)c2)CCC1. The van der Waals surface area contributed by atoms with Gasteiger partial charge in [0, 0.05) is 6.04 Å². The Balaban J connectivity index is 2.30. The van der Waals surface area contributed by atoms with Crippen LogP contribution in [0.3, 0.4) is 0 Å². The molecule has 104 valence electrons. The van der Waals surface area contributed by atoms with Crippen LogP contribution in [0.1, 0.15) is 30.9 Å². The van der Waals surface area contributed by atoms with Gasteiger partial charge >= 0.3 is 5.97 Å². The van der Waals surface area contributed by atoms with E-state index in [1.807, 2.05) is 0 Å². The quantitative estimate of drug-likeness (QED) is 0.849. The molecule has 1 aliphatic rings. The van der Waals surface area contributed by atoms with Gasteiger partial charge in [0.1, 0.15) is 0 Å². The maximum Gasteiger partial charge on any atom is 0.313 e. The van der Waals surface area contributed by atoms with E-state index in [9.17, 15) is 9.18 Å². The molecule has 5 heteroatoms. The van der Waals surface area contributed by atoms with E-state index in [1.165, 1.54) is 26.4 Å². The van der Waals surface area contributed by atoms with Gasteiger partial charge in [-0.15, -0.1) is 0 Å². The molecule has 0 amide bonds. The third kappa shape index (κ3) is 2.18. The van der Waals surface area contributed by atoms with Gasteiger partial charge in [-0.25, -0.2) is 4.39 Å². The molecule has 1 unspecified atom stereocenters. The lowest BCUT2D eigenvalue weighted by Gasteiger charge is -2.43. The van der Waals surface area contributed by atoms with Crippen molar-refractivity contribution in [3.8, 4) is 5.75 Å². The van der Waals surface area contributed by atoms with Gasteiger partial charge in [-0.2, -0.15) is 0 Å². The molecule has 1 atom stereocenters. The molecule has 0 heterocycles. The second-order valence-corrected chi connectivity index (χ2v) is 4.87. The Kier molecular flexibility index (Phi) is 3.75. The number of carbonyl (C=O) groups is 1. The van der Waals surface area contributed by atoms with E-state index in [1.54, 1.807) is 6.07 Å². The molecule has 0 spiro atoms. The highest BCUT2D eigenvalue weighted by molar-refractivity contribution is 5.79. The van der Waals surface area contributed by atoms with Crippen LogP contribution in [0.5, 0.6) is 5.75 Å². The Morgan fingerprint density at radius 3 is 2.53 bits per heavy atom. The van der Waals surface area contributed by atoms with Crippen molar-refractivity contribution in [2.75, 3.05) is 14.2 Å². The molecule has 1 saturated carbocycles. The molecular weight excluding hydrogens is 249 g/mol. The summed E-state index contributed by atoms with van der Waals surface area (Å²) in [7, 11) is 2.75. The third-order valence-electron chi connectivity index (χ3n) is 3.97. The normalized spacial score (nSPS) is 18.3. The van der Waals surface area contributed by atoms with Crippen molar-refractivity contribution in [3.63, 3.8) is 0 Å². The van der Waals surface area contributed by atoms with Crippen LogP contribution in [0, 0.1) is 11.2 Å². The molecule has 1 aromatic carbocycles. The topological polar surface area (TPSA) is 61.5 Å². The fraction of sp³-hybridized carbons (Fsp3) is 0.500. The van der Waals surface area contributed by atoms with Crippen LogP contribution in [0.4, 0.5) is 4.39 Å². The predicted molar refractivity (Wildman–Crippen MR) is 68.2 cm³/mol. The molecule has 0 aliphatic heterocycles. The molecule has 2 N–H and O–H groups in total. The lowest BCUT2D eigenvalue weighted by Crippen LogP contribution is -2.47. The minimum absolute atomic E-state index is 0.164. The minimum Gasteiger partial charge on any atom is -0.494 e. The van der Waals surface area contributed by atoms with Gasteiger partial charge in [-0.05, 0) is 30.5 Å². The highest BCUT2D eigenvalue weighted by Gasteiger charge is 2.50. The summed E-state index contributed by atoms with van der Waals surface area (Å²) in [5, 5.41) is 0. The molecule has 2 rings (SSSR count). The fourth-order valence-corrected chi connectivity index (χ4v) is 2.60. The second-order valence-electron chi connectivity index (χ2n) is 4.87. The second kappa shape index (κ2) is 5.17. The third-order valence-corrected chi connectivity index (χ3v) is 3.97. The fourth-order valence-electron chi connectivity index (χ4n) is 2.60. The van der Waals surface area contributed by atoms with Gasteiger partial charge in [0.15, 0.2) is 11.6 Å². The van der Waals surface area contributed by atoms with Crippen molar-refractivity contribution < 1.29 is 18.7 Å². The van der Waals surface area contributed by atoms with E-state index in [2.05, 4.69) is 0 Å². The first-order valence-corrected chi connectivity index (χ1v) is 6.22. The Morgan fingerprint density at radius 1 is 1.42 bits per heavy atom. The molecular formula is C14H18FNO3. The molecule has 0 aromatic heterocycles. The number of esters is 1. The number of hydrogen-bond acceptors (Lipinski definition) is 4. The van der Waals surface area contributed by atoms with E-state index >= 15 is 0 Å². The van der Waals surface area contributed by atoms with E-state index < -0.39 is 17.3 Å². The zero-order chi connectivity index (χ0) is 14.0. The van der Waals surface area contributed by atoms with Crippen LogP contribution in [0.15, 0.2) is 18.2 Å². The van der Waals surface area contributed by atoms with Crippen molar-refractivity contribution in [3.05, 3.63) is 29.6 Å². The van der Waals surface area contributed by atoms with Gasteiger partial charge in [0.2, 0.25) is 0 Å². The van der Waals surface area contributed by atoms with Crippen molar-refractivity contribution in [1.29, 1.82) is 0 Å². The Morgan fingerprint density at radius 2 is 2.11 bits per heavy atom. The number of nitrogens with two attached hydrogens (primary N) is 1. The summed E-state index contributed by atoms with van der Waals surface area (Å²) in [6.45, 7) is 0. The Bertz CT molecular complexity index is 486. The van der Waals surface area contributed by atoms with Gasteiger partial charge < -0.3 is 15.2 Å². The van der Waals surface area contributed by atoms with Gasteiger partial charge in [-0.3, -0.25) is 4.79 Å². The molecule has 4 nitrogen and oxygen atoms in total. The van der Waals surface area contributed by atoms with Crippen LogP contribution in [0.25, 0.3) is 0 Å². The summed E-state index contributed by atoms with van der Waals surface area (Å²) in [5.74, 6) is -0.631. The summed E-state index contributed by atoms with van der Waals surface area (Å²) in [5.41, 5.74) is 6.04. The minimum atomic E-state index is -0.713. The number of benzene rings is 1. The van der Waals surface area contributed by atoms with E-state index in [-0.39, 0.29) is 11.7 Å². The molecule has 19 heavy (non-hydrogen) atoms. The number of ether oxygens (including phenoxy) is 2. The van der Waals surface area contributed by atoms with Crippen LogP contribution in [-0.4, -0.2) is 20.2 Å². The zero-order valence-electron chi connectivity index (χ0n) is 11.1. The maximum absolute atomic E-state index is 13.7. The van der Waals surface area contributed by atoms with Crippen molar-refractivity contribution in [2.24, 2.45) is 11.1 Å². The predicted octanol–water partition coefficient (Wildman–Crippen LogP) is 2.18. The smallest absolute Gasteiger partial charge is 0.313 e. The van der Waals surface area contributed by atoms with Gasteiger partial charge in [-0.1, -0.05) is 12.5 Å². The average molecular weight is 267 g/mol. The van der Waals surface area contributed by atoms with E-state index in [0.29, 0.717) is 18.4 Å². The number of hydrogen-bond donors (Lipinski definition) is 1. The first kappa shape index (κ1) is 13.8. The molecule has 0 bridgehead atoms. The zero-order valence-corrected chi connectivity index (χ0v) is 11.1. The monoisotopic (exact) mass is 267 g/mol. The number of methoxy groups -OCH3 is 2. The van der Waals surface area contributed by atoms with Crippen LogP contribution in [-0.2, 0) is 9.53 Å². The summed E-state index contributed by atoms with van der Waals surface area (Å²) in [4.78, 5) is 11.9. The van der Waals surface area contributed by atoms with Gasteiger partial charge in [0.25, 0.3) is 0 Å². The highest BCUT2D eigenvalue weighted by Crippen LogP contribution is 2.50. The van der Waals surface area contributed by atoms with Crippen molar-refractivity contribution in [2.45, 2.75) is 25.3 Å².